The van der Waals surface area contributed by atoms with Crippen LogP contribution in [0.1, 0.15) is 30.9 Å². The molecule has 2 atom stereocenters. The average Bonchev–Trinajstić information content (AvgIpc) is 2.68. The lowest BCUT2D eigenvalue weighted by atomic mass is 10.1. The van der Waals surface area contributed by atoms with Gasteiger partial charge in [-0.3, -0.25) is 0 Å². The quantitative estimate of drug-likeness (QED) is 0.862. The molecule has 3 nitrogen and oxygen atoms in total. The lowest BCUT2D eigenvalue weighted by Gasteiger charge is -2.15. The topological polar surface area (TPSA) is 46.5 Å². The van der Waals surface area contributed by atoms with Gasteiger partial charge in [0, 0.05) is 12.8 Å². The first-order valence-corrected chi connectivity index (χ1v) is 5.89. The summed E-state index contributed by atoms with van der Waals surface area (Å²) in [5.74, 6) is -4.31. The van der Waals surface area contributed by atoms with Gasteiger partial charge in [0.05, 0.1) is 0 Å². The van der Waals surface area contributed by atoms with Gasteiger partial charge in [-0.2, -0.15) is 0 Å². The molecule has 0 heterocycles. The maximum Gasteiger partial charge on any atom is 0.339 e. The van der Waals surface area contributed by atoms with E-state index in [9.17, 15) is 23.1 Å². The van der Waals surface area contributed by atoms with Crippen molar-refractivity contribution in [1.82, 2.24) is 0 Å². The summed E-state index contributed by atoms with van der Waals surface area (Å²) in [5, 5.41) is 9.69. The van der Waals surface area contributed by atoms with Gasteiger partial charge in [-0.15, -0.1) is 0 Å². The third-order valence-corrected chi connectivity index (χ3v) is 3.05. The Morgan fingerprint density at radius 2 is 2.00 bits per heavy atom. The molecule has 104 valence electrons. The van der Waals surface area contributed by atoms with Gasteiger partial charge in [-0.05, 0) is 24.1 Å². The summed E-state index contributed by atoms with van der Waals surface area (Å²) in [4.78, 5) is 11.6. The molecule has 0 unspecified atom stereocenters. The Morgan fingerprint density at radius 1 is 1.37 bits per heavy atom. The second-order valence-electron chi connectivity index (χ2n) is 4.61. The van der Waals surface area contributed by atoms with E-state index in [0.717, 1.165) is 12.1 Å². The van der Waals surface area contributed by atoms with Crippen molar-refractivity contribution in [2.45, 2.75) is 37.4 Å². The van der Waals surface area contributed by atoms with Crippen molar-refractivity contribution in [1.29, 1.82) is 0 Å². The fourth-order valence-electron chi connectivity index (χ4n) is 2.02. The van der Waals surface area contributed by atoms with Crippen LogP contribution in [0.15, 0.2) is 24.3 Å². The fraction of sp³-hybridized carbons (Fsp3) is 0.462. The van der Waals surface area contributed by atoms with Crippen molar-refractivity contribution in [2.24, 2.45) is 0 Å². The summed E-state index contributed by atoms with van der Waals surface area (Å²) in [5.41, 5.74) is 0.163. The highest BCUT2D eigenvalue weighted by Gasteiger charge is 2.41. The number of benzene rings is 1. The Balaban J connectivity index is 1.95. The van der Waals surface area contributed by atoms with Crippen LogP contribution >= 0.6 is 0 Å². The third kappa shape index (κ3) is 3.47. The number of aliphatic hydroxyl groups is 1. The number of ether oxygens (including phenoxy) is 1. The molecule has 1 fully saturated rings. The first-order valence-electron chi connectivity index (χ1n) is 5.89. The second kappa shape index (κ2) is 5.21. The van der Waals surface area contributed by atoms with E-state index in [1.807, 2.05) is 0 Å². The monoisotopic (exact) mass is 274 g/mol. The number of halogens is 3. The molecule has 0 amide bonds. The molecular formula is C13H13F3O3. The molecule has 1 aliphatic rings. The molecule has 0 aromatic heterocycles. The normalized spacial score (nSPS) is 23.1. The molecule has 0 spiro atoms. The lowest BCUT2D eigenvalue weighted by Crippen LogP contribution is -2.22. The molecule has 0 radical (unpaired) electrons. The average molecular weight is 274 g/mol. The minimum Gasteiger partial charge on any atom is -0.460 e. The first-order chi connectivity index (χ1) is 8.87. The standard InChI is InChI=1S/C13H13F3O3/c14-9-3-1-8(2-4-9)11(17)12(18)19-10-5-6-13(15,16)7-10/h1-4,10-11,17H,5-7H2/t10-,11-/m1/s1. The highest BCUT2D eigenvalue weighted by molar-refractivity contribution is 5.76. The number of aliphatic hydroxyl groups excluding tert-OH is 1. The minimum absolute atomic E-state index is 0.0783. The van der Waals surface area contributed by atoms with Crippen molar-refractivity contribution >= 4 is 5.97 Å². The molecule has 1 N–H and O–H groups in total. The Hall–Kier alpha value is -1.56. The highest BCUT2D eigenvalue weighted by Crippen LogP contribution is 2.36. The maximum absolute atomic E-state index is 12.9. The molecule has 1 aliphatic carbocycles. The second-order valence-corrected chi connectivity index (χ2v) is 4.61. The SMILES string of the molecule is O=C(O[C@@H]1CCC(F)(F)C1)[C@H](O)c1ccc(F)cc1. The van der Waals surface area contributed by atoms with Gasteiger partial charge in [0.15, 0.2) is 6.10 Å². The first kappa shape index (κ1) is 13.9. The zero-order chi connectivity index (χ0) is 14.0. The van der Waals surface area contributed by atoms with E-state index in [1.54, 1.807) is 0 Å². The largest absolute Gasteiger partial charge is 0.460 e. The number of hydrogen-bond acceptors (Lipinski definition) is 3. The van der Waals surface area contributed by atoms with Gasteiger partial charge in [0.1, 0.15) is 11.9 Å². The van der Waals surface area contributed by atoms with Crippen LogP contribution in [0.2, 0.25) is 0 Å². The molecule has 0 aliphatic heterocycles. The highest BCUT2D eigenvalue weighted by atomic mass is 19.3. The van der Waals surface area contributed by atoms with Crippen LogP contribution in [-0.4, -0.2) is 23.1 Å². The summed E-state index contributed by atoms with van der Waals surface area (Å²) < 4.78 is 43.3. The van der Waals surface area contributed by atoms with E-state index < -0.39 is 36.3 Å². The van der Waals surface area contributed by atoms with Crippen LogP contribution in [-0.2, 0) is 9.53 Å². The minimum atomic E-state index is -2.81. The number of alkyl halides is 2. The van der Waals surface area contributed by atoms with Gasteiger partial charge < -0.3 is 9.84 Å². The molecule has 0 bridgehead atoms. The summed E-state index contributed by atoms with van der Waals surface area (Å²) >= 11 is 0. The van der Waals surface area contributed by atoms with E-state index in [0.29, 0.717) is 0 Å². The van der Waals surface area contributed by atoms with E-state index in [1.165, 1.54) is 12.1 Å². The van der Waals surface area contributed by atoms with Gasteiger partial charge >= 0.3 is 5.97 Å². The molecule has 6 heteroatoms. The Kier molecular flexibility index (Phi) is 3.80. The molecule has 19 heavy (non-hydrogen) atoms. The Morgan fingerprint density at radius 3 is 2.53 bits per heavy atom. The van der Waals surface area contributed by atoms with Gasteiger partial charge in [-0.1, -0.05) is 12.1 Å². The maximum atomic E-state index is 12.9. The summed E-state index contributed by atoms with van der Waals surface area (Å²) in [6, 6.07) is 4.67. The molecule has 1 aromatic carbocycles. The van der Waals surface area contributed by atoms with Crippen LogP contribution in [0, 0.1) is 5.82 Å². The van der Waals surface area contributed by atoms with Gasteiger partial charge in [-0.25, -0.2) is 18.0 Å². The van der Waals surface area contributed by atoms with Gasteiger partial charge in [0.25, 0.3) is 5.92 Å². The van der Waals surface area contributed by atoms with E-state index in [4.69, 9.17) is 4.74 Å². The fourth-order valence-corrected chi connectivity index (χ4v) is 2.02. The predicted octanol–water partition coefficient (Wildman–Crippen LogP) is 2.59. The number of carbonyl (C=O) groups excluding carboxylic acids is 1. The Labute approximate surface area is 108 Å². The zero-order valence-electron chi connectivity index (χ0n) is 9.98. The molecule has 2 rings (SSSR count). The molecule has 1 aromatic rings. The number of carbonyl (C=O) groups is 1. The van der Waals surface area contributed by atoms with Crippen molar-refractivity contribution in [3.8, 4) is 0 Å². The van der Waals surface area contributed by atoms with Crippen molar-refractivity contribution < 1.29 is 27.8 Å². The van der Waals surface area contributed by atoms with Crippen molar-refractivity contribution in [3.63, 3.8) is 0 Å². The number of hydrogen-bond donors (Lipinski definition) is 1. The summed E-state index contributed by atoms with van der Waals surface area (Å²) in [7, 11) is 0. The van der Waals surface area contributed by atoms with Crippen LogP contribution in [0.4, 0.5) is 13.2 Å². The summed E-state index contributed by atoms with van der Waals surface area (Å²) in [6.07, 6.45) is -3.23. The van der Waals surface area contributed by atoms with Crippen LogP contribution in [0.25, 0.3) is 0 Å². The third-order valence-electron chi connectivity index (χ3n) is 3.05. The number of rotatable bonds is 3. The summed E-state index contributed by atoms with van der Waals surface area (Å²) in [6.45, 7) is 0. The number of esters is 1. The lowest BCUT2D eigenvalue weighted by molar-refractivity contribution is -0.160. The smallest absolute Gasteiger partial charge is 0.339 e. The van der Waals surface area contributed by atoms with E-state index >= 15 is 0 Å². The Bertz CT molecular complexity index is 459. The molecule has 0 saturated heterocycles. The zero-order valence-corrected chi connectivity index (χ0v) is 9.98. The van der Waals surface area contributed by atoms with Crippen LogP contribution in [0.3, 0.4) is 0 Å². The van der Waals surface area contributed by atoms with E-state index in [2.05, 4.69) is 0 Å². The van der Waals surface area contributed by atoms with Gasteiger partial charge in [0.2, 0.25) is 0 Å². The van der Waals surface area contributed by atoms with E-state index in [-0.39, 0.29) is 18.4 Å². The predicted molar refractivity (Wildman–Crippen MR) is 60.0 cm³/mol. The van der Waals surface area contributed by atoms with Crippen molar-refractivity contribution in [3.05, 3.63) is 35.6 Å². The van der Waals surface area contributed by atoms with Crippen LogP contribution < -0.4 is 0 Å². The van der Waals surface area contributed by atoms with Crippen LogP contribution in [0.5, 0.6) is 0 Å². The molecule has 1 saturated carbocycles. The van der Waals surface area contributed by atoms with Crippen molar-refractivity contribution in [2.75, 3.05) is 0 Å². The molecular weight excluding hydrogens is 261 g/mol.